The van der Waals surface area contributed by atoms with Gasteiger partial charge in [0.1, 0.15) is 25.0 Å². The molecule has 3 N–H and O–H groups in total. The first-order valence-corrected chi connectivity index (χ1v) is 16.0. The van der Waals surface area contributed by atoms with Crippen molar-refractivity contribution in [3.8, 4) is 5.75 Å². The summed E-state index contributed by atoms with van der Waals surface area (Å²) in [5.41, 5.74) is 1.57. The summed E-state index contributed by atoms with van der Waals surface area (Å²) in [7, 11) is 0. The molecule has 2 atom stereocenters. The second-order valence-electron chi connectivity index (χ2n) is 12.7. The van der Waals surface area contributed by atoms with Crippen molar-refractivity contribution >= 4 is 23.7 Å². The van der Waals surface area contributed by atoms with Crippen LogP contribution in [0, 0.1) is 5.41 Å². The van der Waals surface area contributed by atoms with E-state index in [-0.39, 0.29) is 19.6 Å². The summed E-state index contributed by atoms with van der Waals surface area (Å²) in [5.74, 6) is -8.58. The molecule has 0 aliphatic heterocycles. The Morgan fingerprint density at radius 1 is 0.740 bits per heavy atom. The number of benzene rings is 3. The average Bonchev–Trinajstić information content (AvgIpc) is 3.11. The lowest BCUT2D eigenvalue weighted by molar-refractivity contribution is -0.160. The Labute approximate surface area is 289 Å². The highest BCUT2D eigenvalue weighted by Crippen LogP contribution is 2.24. The molecular weight excluding hydrogens is 646 g/mol. The summed E-state index contributed by atoms with van der Waals surface area (Å²) < 4.78 is 42.1. The Morgan fingerprint density at radius 3 is 1.92 bits per heavy atom. The third-order valence-corrected chi connectivity index (χ3v) is 7.62. The van der Waals surface area contributed by atoms with Gasteiger partial charge in [-0.15, -0.1) is 0 Å². The molecule has 0 radical (unpaired) electrons. The van der Waals surface area contributed by atoms with Crippen LogP contribution in [0.15, 0.2) is 109 Å². The molecule has 0 saturated heterocycles. The van der Waals surface area contributed by atoms with Gasteiger partial charge in [0.25, 0.3) is 5.91 Å². The number of halogens is 2. The van der Waals surface area contributed by atoms with Gasteiger partial charge in [0.15, 0.2) is 0 Å². The van der Waals surface area contributed by atoms with Crippen molar-refractivity contribution in [2.75, 3.05) is 0 Å². The predicted octanol–water partition coefficient (Wildman–Crippen LogP) is 5.55. The van der Waals surface area contributed by atoms with E-state index < -0.39 is 47.1 Å². The van der Waals surface area contributed by atoms with Crippen molar-refractivity contribution in [3.63, 3.8) is 0 Å². The standard InChI is InChI=1S/C38H40F2N4O6/c1-37(2,3)32(44-36(48)50-25-28-13-8-5-9-14-28)34(46)43-31(33(45)38(39,40)35(47)42-23-29-15-10-20-41-22-29)21-26-16-18-30(19-17-26)49-24-27-11-6-4-7-12-27/h4-20,22,31-32H,21,23-25H2,1-3H3,(H,42,47)(H,43,46)(H,44,48)/t31?,32-/m1/s1. The zero-order valence-corrected chi connectivity index (χ0v) is 28.0. The van der Waals surface area contributed by atoms with E-state index in [1.807, 2.05) is 36.4 Å². The molecule has 4 aromatic rings. The molecule has 10 nitrogen and oxygen atoms in total. The number of alkyl halides is 2. The highest BCUT2D eigenvalue weighted by molar-refractivity contribution is 6.10. The molecule has 0 fully saturated rings. The Bertz CT molecular complexity index is 1720. The van der Waals surface area contributed by atoms with Crippen LogP contribution in [0.2, 0.25) is 0 Å². The highest BCUT2D eigenvalue weighted by Gasteiger charge is 2.51. The predicted molar refractivity (Wildman–Crippen MR) is 182 cm³/mol. The van der Waals surface area contributed by atoms with Crippen LogP contribution in [0.5, 0.6) is 5.75 Å². The second kappa shape index (κ2) is 17.1. The van der Waals surface area contributed by atoms with Gasteiger partial charge in [-0.25, -0.2) is 4.79 Å². The molecule has 262 valence electrons. The third kappa shape index (κ3) is 10.9. The first-order chi connectivity index (χ1) is 23.8. The van der Waals surface area contributed by atoms with Crippen LogP contribution in [0.3, 0.4) is 0 Å². The van der Waals surface area contributed by atoms with Crippen LogP contribution in [0.25, 0.3) is 0 Å². The fourth-order valence-corrected chi connectivity index (χ4v) is 4.85. The second-order valence-corrected chi connectivity index (χ2v) is 12.7. The number of carbonyl (C=O) groups excluding carboxylic acids is 4. The summed E-state index contributed by atoms with van der Waals surface area (Å²) in [6.45, 7) is 4.89. The molecule has 4 rings (SSSR count). The lowest BCUT2D eigenvalue weighted by atomic mass is 9.85. The quantitative estimate of drug-likeness (QED) is 0.140. The largest absolute Gasteiger partial charge is 0.489 e. The number of hydrogen-bond donors (Lipinski definition) is 3. The SMILES string of the molecule is CC(C)(C)[C@H](NC(=O)OCc1ccccc1)C(=O)NC(Cc1ccc(OCc2ccccc2)cc1)C(=O)C(F)(F)C(=O)NCc1cccnc1. The van der Waals surface area contributed by atoms with Crippen LogP contribution < -0.4 is 20.7 Å². The summed E-state index contributed by atoms with van der Waals surface area (Å²) in [6.07, 6.45) is 1.57. The molecule has 3 amide bonds. The van der Waals surface area contributed by atoms with Gasteiger partial charge in [0, 0.05) is 25.4 Å². The molecule has 3 aromatic carbocycles. The number of Topliss-reactive ketones (excluding diaryl/α,β-unsaturated/α-hetero) is 1. The summed E-state index contributed by atoms with van der Waals surface area (Å²) in [5, 5.41) is 6.96. The molecule has 0 spiro atoms. The molecule has 1 unspecified atom stereocenters. The van der Waals surface area contributed by atoms with Gasteiger partial charge in [-0.05, 0) is 45.9 Å². The smallest absolute Gasteiger partial charge is 0.408 e. The van der Waals surface area contributed by atoms with E-state index in [0.29, 0.717) is 29.0 Å². The molecule has 0 aliphatic rings. The number of alkyl carbamates (subject to hydrolysis) is 1. The highest BCUT2D eigenvalue weighted by atomic mass is 19.3. The van der Waals surface area contributed by atoms with Crippen LogP contribution in [-0.2, 0) is 45.3 Å². The minimum atomic E-state index is -4.52. The Balaban J connectivity index is 1.51. The summed E-state index contributed by atoms with van der Waals surface area (Å²) in [6, 6.07) is 24.7. The van der Waals surface area contributed by atoms with Crippen molar-refractivity contribution in [2.24, 2.45) is 5.41 Å². The van der Waals surface area contributed by atoms with Gasteiger partial charge in [0.2, 0.25) is 11.7 Å². The monoisotopic (exact) mass is 686 g/mol. The summed E-state index contributed by atoms with van der Waals surface area (Å²) >= 11 is 0. The molecular formula is C38H40F2N4O6. The van der Waals surface area contributed by atoms with Crippen LogP contribution in [-0.4, -0.2) is 46.7 Å². The molecule has 0 saturated carbocycles. The third-order valence-electron chi connectivity index (χ3n) is 7.62. The number of ether oxygens (including phenoxy) is 2. The van der Waals surface area contributed by atoms with E-state index >= 15 is 8.78 Å². The van der Waals surface area contributed by atoms with Crippen LogP contribution >= 0.6 is 0 Å². The minimum Gasteiger partial charge on any atom is -0.489 e. The number of nitrogens with zero attached hydrogens (tertiary/aromatic N) is 1. The van der Waals surface area contributed by atoms with Crippen molar-refractivity contribution in [2.45, 2.75) is 65.0 Å². The molecule has 0 aliphatic carbocycles. The Hall–Kier alpha value is -5.65. The molecule has 1 heterocycles. The number of amides is 3. The van der Waals surface area contributed by atoms with Gasteiger partial charge >= 0.3 is 12.0 Å². The number of aromatic nitrogens is 1. The van der Waals surface area contributed by atoms with E-state index in [2.05, 4.69) is 20.9 Å². The fraction of sp³-hybridized carbons (Fsp3) is 0.289. The van der Waals surface area contributed by atoms with Crippen molar-refractivity contribution < 1.29 is 37.4 Å². The number of carbonyl (C=O) groups is 4. The van der Waals surface area contributed by atoms with E-state index in [1.165, 1.54) is 12.4 Å². The van der Waals surface area contributed by atoms with Gasteiger partial charge < -0.3 is 25.4 Å². The zero-order chi connectivity index (χ0) is 36.1. The topological polar surface area (TPSA) is 136 Å². The van der Waals surface area contributed by atoms with Gasteiger partial charge in [-0.1, -0.05) is 99.6 Å². The number of rotatable bonds is 15. The van der Waals surface area contributed by atoms with E-state index in [9.17, 15) is 19.2 Å². The Kier molecular flexibility index (Phi) is 12.7. The lowest BCUT2D eigenvalue weighted by Crippen LogP contribution is -2.60. The fourth-order valence-electron chi connectivity index (χ4n) is 4.85. The maximum absolute atomic E-state index is 15.5. The van der Waals surface area contributed by atoms with E-state index in [0.717, 1.165) is 5.56 Å². The first-order valence-electron chi connectivity index (χ1n) is 16.0. The van der Waals surface area contributed by atoms with Crippen LogP contribution in [0.1, 0.15) is 43.0 Å². The number of pyridine rings is 1. The normalized spacial score (nSPS) is 12.6. The molecule has 12 heteroatoms. The lowest BCUT2D eigenvalue weighted by Gasteiger charge is -2.32. The first kappa shape index (κ1) is 37.2. The van der Waals surface area contributed by atoms with Crippen molar-refractivity contribution in [3.05, 3.63) is 132 Å². The number of nitrogens with one attached hydrogen (secondary N) is 3. The van der Waals surface area contributed by atoms with E-state index in [1.54, 1.807) is 81.4 Å². The minimum absolute atomic E-state index is 0.0717. The van der Waals surface area contributed by atoms with E-state index in [4.69, 9.17) is 9.47 Å². The summed E-state index contributed by atoms with van der Waals surface area (Å²) in [4.78, 5) is 56.4. The average molecular weight is 687 g/mol. The molecule has 1 aromatic heterocycles. The number of hydrogen-bond acceptors (Lipinski definition) is 7. The maximum Gasteiger partial charge on any atom is 0.408 e. The Morgan fingerprint density at radius 2 is 1.34 bits per heavy atom. The van der Waals surface area contributed by atoms with Crippen molar-refractivity contribution in [1.82, 2.24) is 20.9 Å². The maximum atomic E-state index is 15.5. The molecule has 0 bridgehead atoms. The number of ketones is 1. The van der Waals surface area contributed by atoms with Crippen LogP contribution in [0.4, 0.5) is 13.6 Å². The van der Waals surface area contributed by atoms with Gasteiger partial charge in [-0.3, -0.25) is 19.4 Å². The van der Waals surface area contributed by atoms with Crippen molar-refractivity contribution in [1.29, 1.82) is 0 Å². The van der Waals surface area contributed by atoms with Gasteiger partial charge in [0.05, 0.1) is 6.04 Å². The molecule has 50 heavy (non-hydrogen) atoms. The van der Waals surface area contributed by atoms with Gasteiger partial charge in [-0.2, -0.15) is 8.78 Å². The zero-order valence-electron chi connectivity index (χ0n) is 28.0.